The van der Waals surface area contributed by atoms with Crippen molar-refractivity contribution in [3.63, 3.8) is 0 Å². The van der Waals surface area contributed by atoms with Gasteiger partial charge in [0.15, 0.2) is 0 Å². The van der Waals surface area contributed by atoms with Crippen LogP contribution in [0.25, 0.3) is 6.08 Å². The standard InChI is InChI=1S/C23H27NO4S/c1-14(2)28-23(26)21-18-11-5-15(3)13-19(18)29-22(21)24-20(25)12-8-16-6-9-17(27-4)10-7-16/h6-10,12,14-15H,5,11,13H2,1-4H3,(H,24,25). The molecule has 0 saturated carbocycles. The Morgan fingerprint density at radius 2 is 1.97 bits per heavy atom. The van der Waals surface area contributed by atoms with Crippen molar-refractivity contribution in [1.82, 2.24) is 0 Å². The maximum absolute atomic E-state index is 12.7. The Morgan fingerprint density at radius 3 is 2.62 bits per heavy atom. The molecule has 154 valence electrons. The number of hydrogen-bond donors (Lipinski definition) is 1. The van der Waals surface area contributed by atoms with Crippen molar-refractivity contribution in [3.05, 3.63) is 51.9 Å². The van der Waals surface area contributed by atoms with Crippen LogP contribution in [0, 0.1) is 5.92 Å². The Balaban J connectivity index is 1.80. The molecule has 5 nitrogen and oxygen atoms in total. The highest BCUT2D eigenvalue weighted by atomic mass is 32.1. The fraction of sp³-hybridized carbons (Fsp3) is 0.391. The number of amides is 1. The molecule has 2 aromatic rings. The SMILES string of the molecule is COc1ccc(C=CC(=O)Nc2sc3c(c2C(=O)OC(C)C)CCC(C)C3)cc1. The maximum Gasteiger partial charge on any atom is 0.341 e. The molecule has 1 unspecified atom stereocenters. The highest BCUT2D eigenvalue weighted by molar-refractivity contribution is 7.17. The normalized spacial score (nSPS) is 16.0. The van der Waals surface area contributed by atoms with Crippen molar-refractivity contribution in [1.29, 1.82) is 0 Å². The van der Waals surface area contributed by atoms with Crippen molar-refractivity contribution in [2.75, 3.05) is 12.4 Å². The summed E-state index contributed by atoms with van der Waals surface area (Å²) >= 11 is 1.49. The molecule has 1 heterocycles. The third-order valence-electron chi connectivity index (χ3n) is 4.84. The monoisotopic (exact) mass is 413 g/mol. The Hall–Kier alpha value is -2.60. The van der Waals surface area contributed by atoms with Gasteiger partial charge in [0, 0.05) is 11.0 Å². The molecule has 6 heteroatoms. The summed E-state index contributed by atoms with van der Waals surface area (Å²) in [4.78, 5) is 26.4. The van der Waals surface area contributed by atoms with E-state index >= 15 is 0 Å². The number of rotatable bonds is 6. The number of methoxy groups -OCH3 is 1. The van der Waals surface area contributed by atoms with Crippen LogP contribution < -0.4 is 10.1 Å². The van der Waals surface area contributed by atoms with Gasteiger partial charge in [-0.15, -0.1) is 11.3 Å². The van der Waals surface area contributed by atoms with Gasteiger partial charge in [-0.1, -0.05) is 19.1 Å². The van der Waals surface area contributed by atoms with Gasteiger partial charge in [0.1, 0.15) is 10.8 Å². The van der Waals surface area contributed by atoms with Gasteiger partial charge in [-0.2, -0.15) is 0 Å². The molecule has 0 bridgehead atoms. The minimum absolute atomic E-state index is 0.209. The van der Waals surface area contributed by atoms with Crippen LogP contribution in [0.15, 0.2) is 30.3 Å². The van der Waals surface area contributed by atoms with Crippen LogP contribution in [0.4, 0.5) is 5.00 Å². The largest absolute Gasteiger partial charge is 0.497 e. The van der Waals surface area contributed by atoms with Gasteiger partial charge in [0.25, 0.3) is 0 Å². The number of nitrogens with one attached hydrogen (secondary N) is 1. The summed E-state index contributed by atoms with van der Waals surface area (Å²) in [5, 5.41) is 3.48. The molecule has 0 saturated heterocycles. The average Bonchev–Trinajstić information content (AvgIpc) is 3.03. The smallest absolute Gasteiger partial charge is 0.341 e. The van der Waals surface area contributed by atoms with Crippen LogP contribution in [0.2, 0.25) is 0 Å². The van der Waals surface area contributed by atoms with E-state index in [1.54, 1.807) is 13.2 Å². The van der Waals surface area contributed by atoms with Crippen LogP contribution in [0.3, 0.4) is 0 Å². The summed E-state index contributed by atoms with van der Waals surface area (Å²) in [7, 11) is 1.61. The lowest BCUT2D eigenvalue weighted by Gasteiger charge is -2.18. The van der Waals surface area contributed by atoms with E-state index in [1.807, 2.05) is 38.1 Å². The average molecular weight is 414 g/mol. The molecule has 0 radical (unpaired) electrons. The number of carbonyl (C=O) groups excluding carboxylic acids is 2. The molecule has 29 heavy (non-hydrogen) atoms. The van der Waals surface area contributed by atoms with E-state index in [4.69, 9.17) is 9.47 Å². The van der Waals surface area contributed by atoms with Gasteiger partial charge in [-0.05, 0) is 68.4 Å². The number of ether oxygens (including phenoxy) is 2. The zero-order valence-corrected chi connectivity index (χ0v) is 18.1. The topological polar surface area (TPSA) is 64.6 Å². The van der Waals surface area contributed by atoms with E-state index < -0.39 is 0 Å². The zero-order chi connectivity index (χ0) is 21.0. The Kier molecular flexibility index (Phi) is 6.75. The van der Waals surface area contributed by atoms with Gasteiger partial charge < -0.3 is 14.8 Å². The Morgan fingerprint density at radius 1 is 1.24 bits per heavy atom. The van der Waals surface area contributed by atoms with Crippen LogP contribution >= 0.6 is 11.3 Å². The van der Waals surface area contributed by atoms with E-state index in [9.17, 15) is 9.59 Å². The molecular formula is C23H27NO4S. The third kappa shape index (κ3) is 5.26. The number of benzene rings is 1. The molecule has 1 N–H and O–H groups in total. The fourth-order valence-electron chi connectivity index (χ4n) is 3.37. The Labute approximate surface area is 175 Å². The molecular weight excluding hydrogens is 386 g/mol. The predicted octanol–water partition coefficient (Wildman–Crippen LogP) is 5.10. The van der Waals surface area contributed by atoms with Crippen molar-refractivity contribution in [3.8, 4) is 5.75 Å². The summed E-state index contributed by atoms with van der Waals surface area (Å²) in [6, 6.07) is 7.43. The minimum Gasteiger partial charge on any atom is -0.497 e. The van der Waals surface area contributed by atoms with Crippen molar-refractivity contribution in [2.45, 2.75) is 46.1 Å². The predicted molar refractivity (Wildman–Crippen MR) is 117 cm³/mol. The van der Waals surface area contributed by atoms with E-state index in [-0.39, 0.29) is 18.0 Å². The first kappa shape index (κ1) is 21.1. The molecule has 1 amide bonds. The molecule has 1 aromatic heterocycles. The molecule has 1 aliphatic carbocycles. The maximum atomic E-state index is 12.7. The first-order chi connectivity index (χ1) is 13.9. The number of anilines is 1. The molecule has 0 aliphatic heterocycles. The highest BCUT2D eigenvalue weighted by Gasteiger charge is 2.29. The van der Waals surface area contributed by atoms with E-state index in [1.165, 1.54) is 22.3 Å². The zero-order valence-electron chi connectivity index (χ0n) is 17.3. The van der Waals surface area contributed by atoms with Gasteiger partial charge in [0.05, 0.1) is 18.8 Å². The summed E-state index contributed by atoms with van der Waals surface area (Å²) in [6.07, 6.45) is 5.80. The highest BCUT2D eigenvalue weighted by Crippen LogP contribution is 2.40. The Bertz CT molecular complexity index is 912. The molecule has 0 spiro atoms. The minimum atomic E-state index is -0.360. The number of hydrogen-bond acceptors (Lipinski definition) is 5. The number of carbonyl (C=O) groups is 2. The van der Waals surface area contributed by atoms with Crippen molar-refractivity contribution in [2.24, 2.45) is 5.92 Å². The number of esters is 1. The van der Waals surface area contributed by atoms with Crippen LogP contribution in [0.1, 0.15) is 53.6 Å². The second-order valence-corrected chi connectivity index (χ2v) is 8.71. The van der Waals surface area contributed by atoms with Crippen LogP contribution in [-0.4, -0.2) is 25.1 Å². The number of fused-ring (bicyclic) bond motifs is 1. The molecule has 1 atom stereocenters. The van der Waals surface area contributed by atoms with Crippen LogP contribution in [0.5, 0.6) is 5.75 Å². The molecule has 1 aromatic carbocycles. The molecule has 3 rings (SSSR count). The summed E-state index contributed by atoms with van der Waals surface area (Å²) in [6.45, 7) is 5.87. The molecule has 1 aliphatic rings. The molecule has 0 fully saturated rings. The van der Waals surface area contributed by atoms with Gasteiger partial charge >= 0.3 is 5.97 Å². The number of thiophene rings is 1. The van der Waals surface area contributed by atoms with Crippen molar-refractivity contribution >= 4 is 34.3 Å². The van der Waals surface area contributed by atoms with Crippen LogP contribution in [-0.2, 0) is 22.4 Å². The van der Waals surface area contributed by atoms with Crippen molar-refractivity contribution < 1.29 is 19.1 Å². The van der Waals surface area contributed by atoms with E-state index in [2.05, 4.69) is 12.2 Å². The summed E-state index contributed by atoms with van der Waals surface area (Å²) < 4.78 is 10.6. The lowest BCUT2D eigenvalue weighted by Crippen LogP contribution is -2.18. The second-order valence-electron chi connectivity index (χ2n) is 7.61. The van der Waals surface area contributed by atoms with E-state index in [0.717, 1.165) is 36.1 Å². The van der Waals surface area contributed by atoms with E-state index in [0.29, 0.717) is 16.5 Å². The first-order valence-electron chi connectivity index (χ1n) is 9.86. The second kappa shape index (κ2) is 9.27. The lowest BCUT2D eigenvalue weighted by molar-refractivity contribution is -0.111. The third-order valence-corrected chi connectivity index (χ3v) is 6.01. The lowest BCUT2D eigenvalue weighted by atomic mass is 9.88. The van der Waals surface area contributed by atoms with Gasteiger partial charge in [-0.3, -0.25) is 4.79 Å². The summed E-state index contributed by atoms with van der Waals surface area (Å²) in [5.41, 5.74) is 2.45. The quantitative estimate of drug-likeness (QED) is 0.529. The summed E-state index contributed by atoms with van der Waals surface area (Å²) in [5.74, 6) is 0.708. The fourth-order valence-corrected chi connectivity index (χ4v) is 4.77. The first-order valence-corrected chi connectivity index (χ1v) is 10.7. The van der Waals surface area contributed by atoms with Gasteiger partial charge in [-0.25, -0.2) is 4.79 Å². The van der Waals surface area contributed by atoms with Gasteiger partial charge in [0.2, 0.25) is 5.91 Å².